The van der Waals surface area contributed by atoms with E-state index in [1.807, 2.05) is 0 Å². The van der Waals surface area contributed by atoms with Crippen LogP contribution in [0.25, 0.3) is 0 Å². The molecule has 114 valence electrons. The van der Waals surface area contributed by atoms with Crippen molar-refractivity contribution in [2.24, 2.45) is 0 Å². The molecule has 1 aromatic rings. The lowest BCUT2D eigenvalue weighted by Crippen LogP contribution is -2.59. The van der Waals surface area contributed by atoms with Gasteiger partial charge in [0.25, 0.3) is 0 Å². The number of nitrogens with zero attached hydrogens (tertiary/aromatic N) is 1. The fourth-order valence-corrected chi connectivity index (χ4v) is 3.78. The molecule has 1 atom stereocenters. The molecule has 0 saturated carbocycles. The van der Waals surface area contributed by atoms with Gasteiger partial charge in [0.05, 0.1) is 21.5 Å². The molecule has 2 rings (SSSR count). The minimum atomic E-state index is -4.18. The molecule has 1 aromatic carbocycles. The Balaban J connectivity index is 2.46. The molecule has 2 N–H and O–H groups in total. The van der Waals surface area contributed by atoms with Gasteiger partial charge in [-0.2, -0.15) is 4.31 Å². The molecule has 21 heavy (non-hydrogen) atoms. The summed E-state index contributed by atoms with van der Waals surface area (Å²) in [4.78, 5) is 22.3. The number of nitrogens with one attached hydrogen (secondary N) is 1. The van der Waals surface area contributed by atoms with Gasteiger partial charge < -0.3 is 10.4 Å². The van der Waals surface area contributed by atoms with E-state index in [-0.39, 0.29) is 21.5 Å². The van der Waals surface area contributed by atoms with Gasteiger partial charge in [-0.1, -0.05) is 23.2 Å². The number of aliphatic carboxylic acids is 1. The maximum atomic E-state index is 12.5. The first-order chi connectivity index (χ1) is 9.73. The van der Waals surface area contributed by atoms with E-state index in [0.717, 1.165) is 6.07 Å². The predicted molar refractivity (Wildman–Crippen MR) is 74.8 cm³/mol. The summed E-state index contributed by atoms with van der Waals surface area (Å²) in [6.07, 6.45) is 0. The van der Waals surface area contributed by atoms with Crippen LogP contribution in [0.2, 0.25) is 10.0 Å². The van der Waals surface area contributed by atoms with Gasteiger partial charge in [0.15, 0.2) is 0 Å². The average molecular weight is 353 g/mol. The maximum absolute atomic E-state index is 12.5. The molecule has 7 nitrogen and oxygen atoms in total. The van der Waals surface area contributed by atoms with Gasteiger partial charge in [0.2, 0.25) is 15.9 Å². The van der Waals surface area contributed by atoms with Crippen LogP contribution >= 0.6 is 23.2 Å². The number of carboxylic acids is 1. The van der Waals surface area contributed by atoms with Gasteiger partial charge in [0.1, 0.15) is 6.04 Å². The van der Waals surface area contributed by atoms with Crippen LogP contribution in [0.4, 0.5) is 0 Å². The minimum Gasteiger partial charge on any atom is -0.480 e. The van der Waals surface area contributed by atoms with Crippen LogP contribution in [0.1, 0.15) is 0 Å². The predicted octanol–water partition coefficient (Wildman–Crippen LogP) is 0.567. The third kappa shape index (κ3) is 3.13. The summed E-state index contributed by atoms with van der Waals surface area (Å²) in [5, 5.41) is 11.6. The van der Waals surface area contributed by atoms with Crippen molar-refractivity contribution >= 4 is 45.1 Å². The first-order valence-corrected chi connectivity index (χ1v) is 7.89. The van der Waals surface area contributed by atoms with Crippen molar-refractivity contribution in [2.45, 2.75) is 10.9 Å². The number of hydrogen-bond donors (Lipinski definition) is 2. The molecule has 1 aliphatic heterocycles. The smallest absolute Gasteiger partial charge is 0.323 e. The van der Waals surface area contributed by atoms with Crippen molar-refractivity contribution in [3.8, 4) is 0 Å². The Morgan fingerprint density at radius 1 is 1.33 bits per heavy atom. The average Bonchev–Trinajstić information content (AvgIpc) is 2.41. The van der Waals surface area contributed by atoms with Crippen LogP contribution in [0.5, 0.6) is 0 Å². The van der Waals surface area contributed by atoms with Crippen LogP contribution in [-0.2, 0) is 19.6 Å². The number of hydrogen-bond acceptors (Lipinski definition) is 4. The Labute approximate surface area is 130 Å². The molecule has 0 aromatic heterocycles. The van der Waals surface area contributed by atoms with Crippen LogP contribution in [-0.4, -0.2) is 48.8 Å². The number of piperazine rings is 1. The summed E-state index contributed by atoms with van der Waals surface area (Å²) in [6.45, 7) is -0.867. The third-order valence-corrected chi connectivity index (χ3v) is 5.51. The first-order valence-electron chi connectivity index (χ1n) is 5.70. The molecule has 1 saturated heterocycles. The molecule has 1 amide bonds. The molecule has 0 aliphatic carbocycles. The summed E-state index contributed by atoms with van der Waals surface area (Å²) in [6, 6.07) is 2.23. The van der Waals surface area contributed by atoms with Gasteiger partial charge in [-0.05, 0) is 18.2 Å². The lowest BCUT2D eigenvalue weighted by atomic mass is 10.2. The van der Waals surface area contributed by atoms with Gasteiger partial charge in [0, 0.05) is 6.54 Å². The maximum Gasteiger partial charge on any atom is 0.323 e. The van der Waals surface area contributed by atoms with Crippen LogP contribution in [0.15, 0.2) is 23.1 Å². The molecular formula is C11H10Cl2N2O5S. The van der Waals surface area contributed by atoms with Gasteiger partial charge in [-0.25, -0.2) is 8.42 Å². The number of carbonyl (C=O) groups is 2. The van der Waals surface area contributed by atoms with E-state index in [9.17, 15) is 18.0 Å². The van der Waals surface area contributed by atoms with E-state index in [0.29, 0.717) is 4.31 Å². The van der Waals surface area contributed by atoms with Crippen molar-refractivity contribution in [2.75, 3.05) is 13.1 Å². The zero-order valence-corrected chi connectivity index (χ0v) is 12.7. The topological polar surface area (TPSA) is 104 Å². The summed E-state index contributed by atoms with van der Waals surface area (Å²) in [5.74, 6) is -1.92. The molecule has 10 heteroatoms. The fraction of sp³-hybridized carbons (Fsp3) is 0.273. The number of carboxylic acid groups (broad SMARTS) is 1. The van der Waals surface area contributed by atoms with Crippen molar-refractivity contribution in [3.63, 3.8) is 0 Å². The largest absolute Gasteiger partial charge is 0.480 e. The van der Waals surface area contributed by atoms with Gasteiger partial charge >= 0.3 is 5.97 Å². The molecule has 1 aliphatic rings. The standard InChI is InChI=1S/C11H10Cl2N2O5S/c12-7-2-1-6(3-8(7)13)21(19,20)15-5-10(16)14-4-9(15)11(17)18/h1-3,9H,4-5H2,(H,14,16)(H,17,18). The van der Waals surface area contributed by atoms with Crippen molar-refractivity contribution in [1.29, 1.82) is 0 Å². The van der Waals surface area contributed by atoms with Crippen molar-refractivity contribution in [3.05, 3.63) is 28.2 Å². The monoisotopic (exact) mass is 352 g/mol. The quantitative estimate of drug-likeness (QED) is 0.827. The van der Waals surface area contributed by atoms with Gasteiger partial charge in [-0.15, -0.1) is 0 Å². The Morgan fingerprint density at radius 3 is 2.57 bits per heavy atom. The number of amides is 1. The Kier molecular flexibility index (Phi) is 4.43. The van der Waals surface area contributed by atoms with Crippen molar-refractivity contribution < 1.29 is 23.1 Å². The normalized spacial score (nSPS) is 20.1. The zero-order valence-electron chi connectivity index (χ0n) is 10.4. The van der Waals surface area contributed by atoms with E-state index < -0.39 is 34.5 Å². The summed E-state index contributed by atoms with van der Waals surface area (Å²) in [5.41, 5.74) is 0. The highest BCUT2D eigenvalue weighted by atomic mass is 35.5. The fourth-order valence-electron chi connectivity index (χ4n) is 1.86. The summed E-state index contributed by atoms with van der Waals surface area (Å²) < 4.78 is 25.6. The van der Waals surface area contributed by atoms with E-state index >= 15 is 0 Å². The number of rotatable bonds is 3. The highest BCUT2D eigenvalue weighted by Gasteiger charge is 2.40. The summed E-state index contributed by atoms with van der Waals surface area (Å²) in [7, 11) is -4.18. The minimum absolute atomic E-state index is 0.0195. The zero-order chi connectivity index (χ0) is 15.8. The lowest BCUT2D eigenvalue weighted by molar-refractivity contribution is -0.143. The number of halogens is 2. The van der Waals surface area contributed by atoms with E-state index in [4.69, 9.17) is 28.3 Å². The second-order valence-electron chi connectivity index (χ2n) is 4.28. The number of benzene rings is 1. The molecular weight excluding hydrogens is 343 g/mol. The lowest BCUT2D eigenvalue weighted by Gasteiger charge is -2.31. The van der Waals surface area contributed by atoms with Crippen molar-refractivity contribution in [1.82, 2.24) is 9.62 Å². The molecule has 1 unspecified atom stereocenters. The molecule has 0 spiro atoms. The Bertz CT molecular complexity index is 707. The Hall–Kier alpha value is -1.35. The van der Waals surface area contributed by atoms with E-state index in [2.05, 4.69) is 5.32 Å². The third-order valence-electron chi connectivity index (χ3n) is 2.92. The molecule has 0 radical (unpaired) electrons. The number of sulfonamides is 1. The van der Waals surface area contributed by atoms with Gasteiger partial charge in [-0.3, -0.25) is 9.59 Å². The highest BCUT2D eigenvalue weighted by Crippen LogP contribution is 2.27. The van der Waals surface area contributed by atoms with E-state index in [1.165, 1.54) is 12.1 Å². The highest BCUT2D eigenvalue weighted by molar-refractivity contribution is 7.89. The van der Waals surface area contributed by atoms with Crippen LogP contribution < -0.4 is 5.32 Å². The summed E-state index contributed by atoms with van der Waals surface area (Å²) >= 11 is 11.5. The molecule has 0 bridgehead atoms. The molecule has 1 heterocycles. The molecule has 1 fully saturated rings. The second-order valence-corrected chi connectivity index (χ2v) is 6.99. The van der Waals surface area contributed by atoms with Crippen LogP contribution in [0, 0.1) is 0 Å². The second kappa shape index (κ2) is 5.80. The van der Waals surface area contributed by atoms with E-state index in [1.54, 1.807) is 0 Å². The SMILES string of the molecule is O=C1CN(S(=O)(=O)c2ccc(Cl)c(Cl)c2)C(C(=O)O)CN1. The first kappa shape index (κ1) is 16.0. The number of carbonyl (C=O) groups excluding carboxylic acids is 1. The van der Waals surface area contributed by atoms with Crippen LogP contribution in [0.3, 0.4) is 0 Å². The Morgan fingerprint density at radius 2 is 2.00 bits per heavy atom.